The third kappa shape index (κ3) is 4.61. The Hall–Kier alpha value is -3.60. The van der Waals surface area contributed by atoms with Gasteiger partial charge in [-0.2, -0.15) is 0 Å². The van der Waals surface area contributed by atoms with Crippen LogP contribution in [0.25, 0.3) is 0 Å². The lowest BCUT2D eigenvalue weighted by Gasteiger charge is -2.36. The fourth-order valence-electron chi connectivity index (χ4n) is 3.93. The molecule has 5 heteroatoms. The largest absolute Gasteiger partial charge is 0.368 e. The fraction of sp³-hybridized carbons (Fsp3) is 0.231. The Morgan fingerprint density at radius 2 is 1.26 bits per heavy atom. The average Bonchev–Trinajstić information content (AvgIpc) is 2.80. The van der Waals surface area contributed by atoms with E-state index in [2.05, 4.69) is 10.2 Å². The number of nitrogens with one attached hydrogen (secondary N) is 1. The van der Waals surface area contributed by atoms with E-state index in [9.17, 15) is 9.59 Å². The molecule has 158 valence electrons. The Morgan fingerprint density at radius 1 is 0.710 bits per heavy atom. The number of amides is 2. The molecule has 1 aliphatic heterocycles. The molecule has 0 bridgehead atoms. The third-order valence-electron chi connectivity index (χ3n) is 5.82. The van der Waals surface area contributed by atoms with E-state index in [-0.39, 0.29) is 11.8 Å². The second-order valence-corrected chi connectivity index (χ2v) is 7.91. The average molecular weight is 414 g/mol. The van der Waals surface area contributed by atoms with E-state index < -0.39 is 0 Å². The van der Waals surface area contributed by atoms with E-state index in [1.165, 1.54) is 0 Å². The molecular formula is C26H27N3O2. The van der Waals surface area contributed by atoms with Gasteiger partial charge in [-0.3, -0.25) is 9.59 Å². The zero-order chi connectivity index (χ0) is 21.8. The normalized spacial score (nSPS) is 13.7. The van der Waals surface area contributed by atoms with Crippen molar-refractivity contribution in [2.45, 2.75) is 13.8 Å². The number of anilines is 2. The number of hydrogen-bond acceptors (Lipinski definition) is 3. The Labute approximate surface area is 183 Å². The Morgan fingerprint density at radius 3 is 1.84 bits per heavy atom. The molecule has 2 amide bonds. The maximum Gasteiger partial charge on any atom is 0.255 e. The molecule has 1 N–H and O–H groups in total. The van der Waals surface area contributed by atoms with Gasteiger partial charge in [-0.05, 0) is 61.4 Å². The van der Waals surface area contributed by atoms with Gasteiger partial charge >= 0.3 is 0 Å². The van der Waals surface area contributed by atoms with Crippen LogP contribution in [-0.4, -0.2) is 42.9 Å². The maximum absolute atomic E-state index is 12.8. The first-order valence-electron chi connectivity index (χ1n) is 10.6. The van der Waals surface area contributed by atoms with Crippen LogP contribution in [0.4, 0.5) is 11.4 Å². The van der Waals surface area contributed by atoms with Crippen molar-refractivity contribution in [3.05, 3.63) is 95.1 Å². The number of aryl methyl sites for hydroxylation is 2. The van der Waals surface area contributed by atoms with Gasteiger partial charge in [-0.25, -0.2) is 0 Å². The minimum Gasteiger partial charge on any atom is -0.368 e. The molecule has 5 nitrogen and oxygen atoms in total. The molecule has 0 saturated carbocycles. The Kier molecular flexibility index (Phi) is 6.03. The molecule has 31 heavy (non-hydrogen) atoms. The molecule has 0 spiro atoms. The van der Waals surface area contributed by atoms with Crippen molar-refractivity contribution >= 4 is 23.2 Å². The van der Waals surface area contributed by atoms with Crippen molar-refractivity contribution < 1.29 is 9.59 Å². The van der Waals surface area contributed by atoms with E-state index in [1.54, 1.807) is 0 Å². The summed E-state index contributed by atoms with van der Waals surface area (Å²) < 4.78 is 0. The van der Waals surface area contributed by atoms with Crippen LogP contribution in [0.2, 0.25) is 0 Å². The van der Waals surface area contributed by atoms with Gasteiger partial charge in [0, 0.05) is 48.7 Å². The standard InChI is InChI=1S/C26H27N3O2/c1-19-7-3-5-9-23(19)25(30)27-21-11-13-22(14-12-21)28-15-17-29(18-16-28)26(31)24-10-6-4-8-20(24)2/h3-14H,15-18H2,1-2H3,(H,27,30). The van der Waals surface area contributed by atoms with Crippen LogP contribution in [0.1, 0.15) is 31.8 Å². The molecule has 0 aromatic heterocycles. The zero-order valence-corrected chi connectivity index (χ0v) is 18.0. The van der Waals surface area contributed by atoms with Crippen LogP contribution in [-0.2, 0) is 0 Å². The number of nitrogens with zero attached hydrogens (tertiary/aromatic N) is 2. The highest BCUT2D eigenvalue weighted by molar-refractivity contribution is 6.05. The first-order chi connectivity index (χ1) is 15.0. The Balaban J connectivity index is 1.35. The number of carbonyl (C=O) groups excluding carboxylic acids is 2. The van der Waals surface area contributed by atoms with Crippen LogP contribution in [0.15, 0.2) is 72.8 Å². The molecular weight excluding hydrogens is 386 g/mol. The summed E-state index contributed by atoms with van der Waals surface area (Å²) >= 11 is 0. The highest BCUT2D eigenvalue weighted by Crippen LogP contribution is 2.21. The lowest BCUT2D eigenvalue weighted by Crippen LogP contribution is -2.48. The highest BCUT2D eigenvalue weighted by Gasteiger charge is 2.23. The second kappa shape index (κ2) is 9.04. The van der Waals surface area contributed by atoms with Gasteiger partial charge in [0.15, 0.2) is 0 Å². The molecule has 3 aromatic rings. The molecule has 0 unspecified atom stereocenters. The first-order valence-corrected chi connectivity index (χ1v) is 10.6. The Bertz CT molecular complexity index is 1080. The minimum atomic E-state index is -0.103. The van der Waals surface area contributed by atoms with Crippen molar-refractivity contribution in [2.24, 2.45) is 0 Å². The number of piperazine rings is 1. The zero-order valence-electron chi connectivity index (χ0n) is 18.0. The summed E-state index contributed by atoms with van der Waals surface area (Å²) in [5.74, 6) is 0.00111. The third-order valence-corrected chi connectivity index (χ3v) is 5.82. The summed E-state index contributed by atoms with van der Waals surface area (Å²) in [6.07, 6.45) is 0. The maximum atomic E-state index is 12.8. The molecule has 1 heterocycles. The van der Waals surface area contributed by atoms with E-state index in [4.69, 9.17) is 0 Å². The van der Waals surface area contributed by atoms with Gasteiger partial charge in [-0.15, -0.1) is 0 Å². The number of rotatable bonds is 4. The summed E-state index contributed by atoms with van der Waals surface area (Å²) in [5.41, 5.74) is 5.29. The molecule has 0 aliphatic carbocycles. The van der Waals surface area contributed by atoms with Crippen molar-refractivity contribution in [1.82, 2.24) is 4.90 Å². The summed E-state index contributed by atoms with van der Waals surface area (Å²) in [5, 5.41) is 2.96. The summed E-state index contributed by atoms with van der Waals surface area (Å²) in [6.45, 7) is 6.86. The number of benzene rings is 3. The van der Waals surface area contributed by atoms with Crippen molar-refractivity contribution in [1.29, 1.82) is 0 Å². The molecule has 1 aliphatic rings. The predicted molar refractivity (Wildman–Crippen MR) is 125 cm³/mol. The van der Waals surface area contributed by atoms with Gasteiger partial charge in [0.1, 0.15) is 0 Å². The van der Waals surface area contributed by atoms with E-state index in [0.717, 1.165) is 41.2 Å². The first kappa shape index (κ1) is 20.7. The number of carbonyl (C=O) groups is 2. The smallest absolute Gasteiger partial charge is 0.255 e. The quantitative estimate of drug-likeness (QED) is 0.684. The molecule has 0 atom stereocenters. The summed E-state index contributed by atoms with van der Waals surface area (Å²) in [6, 6.07) is 23.2. The van der Waals surface area contributed by atoms with E-state index in [1.807, 2.05) is 91.5 Å². The predicted octanol–water partition coefficient (Wildman–Crippen LogP) is 4.52. The second-order valence-electron chi connectivity index (χ2n) is 7.91. The van der Waals surface area contributed by atoms with Gasteiger partial charge in [-0.1, -0.05) is 36.4 Å². The van der Waals surface area contributed by atoms with Gasteiger partial charge in [0.25, 0.3) is 11.8 Å². The summed E-state index contributed by atoms with van der Waals surface area (Å²) in [7, 11) is 0. The van der Waals surface area contributed by atoms with E-state index >= 15 is 0 Å². The lowest BCUT2D eigenvalue weighted by atomic mass is 10.1. The van der Waals surface area contributed by atoms with Crippen molar-refractivity contribution in [2.75, 3.05) is 36.4 Å². The van der Waals surface area contributed by atoms with Gasteiger partial charge < -0.3 is 15.1 Å². The van der Waals surface area contributed by atoms with Gasteiger partial charge in [0.05, 0.1) is 0 Å². The van der Waals surface area contributed by atoms with Crippen molar-refractivity contribution in [3.8, 4) is 0 Å². The molecule has 1 fully saturated rings. The van der Waals surface area contributed by atoms with E-state index in [0.29, 0.717) is 18.7 Å². The van der Waals surface area contributed by atoms with Crippen LogP contribution in [0.5, 0.6) is 0 Å². The van der Waals surface area contributed by atoms with Crippen LogP contribution in [0.3, 0.4) is 0 Å². The SMILES string of the molecule is Cc1ccccc1C(=O)Nc1ccc(N2CCN(C(=O)c3ccccc3C)CC2)cc1. The van der Waals surface area contributed by atoms with Crippen LogP contribution in [0, 0.1) is 13.8 Å². The molecule has 1 saturated heterocycles. The van der Waals surface area contributed by atoms with Crippen LogP contribution < -0.4 is 10.2 Å². The molecule has 0 radical (unpaired) electrons. The van der Waals surface area contributed by atoms with Gasteiger partial charge in [0.2, 0.25) is 0 Å². The summed E-state index contributed by atoms with van der Waals surface area (Å²) in [4.78, 5) is 29.5. The molecule has 3 aromatic carbocycles. The topological polar surface area (TPSA) is 52.7 Å². The number of hydrogen-bond donors (Lipinski definition) is 1. The fourth-order valence-corrected chi connectivity index (χ4v) is 3.93. The monoisotopic (exact) mass is 413 g/mol. The van der Waals surface area contributed by atoms with Crippen molar-refractivity contribution in [3.63, 3.8) is 0 Å². The lowest BCUT2D eigenvalue weighted by molar-refractivity contribution is 0.0746. The highest BCUT2D eigenvalue weighted by atomic mass is 16.2. The molecule has 4 rings (SSSR count). The minimum absolute atomic E-state index is 0.103. The van der Waals surface area contributed by atoms with Crippen LogP contribution >= 0.6 is 0 Å².